The monoisotopic (exact) mass is 254 g/mol. The number of rotatable bonds is 2. The van der Waals surface area contributed by atoms with Gasteiger partial charge in [-0.3, -0.25) is 0 Å². The molecule has 2 nitrogen and oxygen atoms in total. The first-order valence-corrected chi connectivity index (χ1v) is 6.50. The summed E-state index contributed by atoms with van der Waals surface area (Å²) in [7, 11) is 0. The molecule has 19 heavy (non-hydrogen) atoms. The van der Waals surface area contributed by atoms with Crippen molar-refractivity contribution >= 4 is 5.70 Å². The fourth-order valence-corrected chi connectivity index (χ4v) is 3.25. The van der Waals surface area contributed by atoms with Gasteiger partial charge in [0.1, 0.15) is 11.9 Å². The highest BCUT2D eigenvalue weighted by Gasteiger charge is 2.46. The van der Waals surface area contributed by atoms with Gasteiger partial charge in [0.05, 0.1) is 5.56 Å². The van der Waals surface area contributed by atoms with Crippen LogP contribution in [0.4, 0.5) is 4.39 Å². The van der Waals surface area contributed by atoms with Crippen LogP contribution in [-0.4, -0.2) is 10.9 Å². The molecular formula is C16H15FN2. The van der Waals surface area contributed by atoms with E-state index in [1.165, 1.54) is 25.0 Å². The van der Waals surface area contributed by atoms with Crippen molar-refractivity contribution in [1.82, 2.24) is 4.90 Å². The highest BCUT2D eigenvalue weighted by atomic mass is 19.1. The lowest BCUT2D eigenvalue weighted by atomic mass is 9.86. The molecule has 2 atom stereocenters. The second-order valence-electron chi connectivity index (χ2n) is 5.22. The van der Waals surface area contributed by atoms with Gasteiger partial charge in [-0.25, -0.2) is 4.39 Å². The van der Waals surface area contributed by atoms with Crippen LogP contribution in [0, 0.1) is 23.1 Å². The molecule has 2 fully saturated rings. The summed E-state index contributed by atoms with van der Waals surface area (Å²) in [5.74, 6) is 0.0928. The van der Waals surface area contributed by atoms with Gasteiger partial charge in [0, 0.05) is 28.9 Å². The molecule has 1 aromatic carbocycles. The summed E-state index contributed by atoms with van der Waals surface area (Å²) < 4.78 is 13.7. The molecule has 0 spiro atoms. The van der Waals surface area contributed by atoms with Crippen LogP contribution in [0.3, 0.4) is 0 Å². The Morgan fingerprint density at radius 3 is 2.89 bits per heavy atom. The van der Waals surface area contributed by atoms with Crippen LogP contribution < -0.4 is 0 Å². The fraction of sp³-hybridized carbons (Fsp3) is 0.312. The number of fused-ring (bicyclic) bond motifs is 1. The van der Waals surface area contributed by atoms with Crippen molar-refractivity contribution in [2.24, 2.45) is 5.92 Å². The summed E-state index contributed by atoms with van der Waals surface area (Å²) in [6, 6.07) is 6.95. The quantitative estimate of drug-likeness (QED) is 0.805. The van der Waals surface area contributed by atoms with E-state index in [0.717, 1.165) is 23.4 Å². The summed E-state index contributed by atoms with van der Waals surface area (Å²) in [4.78, 5) is 2.12. The third-order valence-corrected chi connectivity index (χ3v) is 4.26. The molecule has 3 rings (SSSR count). The molecule has 0 bridgehead atoms. The molecule has 0 amide bonds. The minimum absolute atomic E-state index is 0.0673. The van der Waals surface area contributed by atoms with Crippen molar-refractivity contribution in [3.63, 3.8) is 0 Å². The van der Waals surface area contributed by atoms with E-state index in [2.05, 4.69) is 18.1 Å². The maximum Gasteiger partial charge on any atom is 0.141 e. The van der Waals surface area contributed by atoms with E-state index >= 15 is 0 Å². The Morgan fingerprint density at radius 2 is 2.21 bits per heavy atom. The zero-order chi connectivity index (χ0) is 13.6. The van der Waals surface area contributed by atoms with Crippen LogP contribution in [0.2, 0.25) is 0 Å². The molecule has 96 valence electrons. The third-order valence-electron chi connectivity index (χ3n) is 4.26. The zero-order valence-electron chi connectivity index (χ0n) is 10.7. The highest BCUT2D eigenvalue weighted by Crippen LogP contribution is 2.49. The molecule has 2 aliphatic rings. The van der Waals surface area contributed by atoms with Gasteiger partial charge in [-0.1, -0.05) is 25.6 Å². The average molecular weight is 254 g/mol. The molecule has 1 aliphatic heterocycles. The zero-order valence-corrected chi connectivity index (χ0v) is 10.7. The molecule has 3 heteroatoms. The number of likely N-dealkylation sites (tertiary alicyclic amines) is 1. The normalized spacial score (nSPS) is 24.6. The number of halogens is 1. The van der Waals surface area contributed by atoms with Crippen LogP contribution in [0.5, 0.6) is 0 Å². The molecule has 0 N–H and O–H groups in total. The van der Waals surface area contributed by atoms with E-state index in [4.69, 9.17) is 5.26 Å². The SMILES string of the molecule is C=C(c1ccc(C#N)c(F)c1)N1C(=C)C2CCCC21. The van der Waals surface area contributed by atoms with Gasteiger partial charge >= 0.3 is 0 Å². The fourth-order valence-electron chi connectivity index (χ4n) is 3.25. The van der Waals surface area contributed by atoms with Gasteiger partial charge in [-0.15, -0.1) is 0 Å². The largest absolute Gasteiger partial charge is 0.342 e. The Kier molecular flexibility index (Phi) is 2.67. The number of hydrogen-bond donors (Lipinski definition) is 0. The van der Waals surface area contributed by atoms with Crippen molar-refractivity contribution in [3.05, 3.63) is 54.0 Å². The number of nitrogens with zero attached hydrogens (tertiary/aromatic N) is 2. The van der Waals surface area contributed by atoms with Crippen molar-refractivity contribution in [2.45, 2.75) is 25.3 Å². The molecule has 1 saturated heterocycles. The topological polar surface area (TPSA) is 27.0 Å². The minimum Gasteiger partial charge on any atom is -0.342 e. The Bertz CT molecular complexity index is 612. The predicted molar refractivity (Wildman–Crippen MR) is 72.3 cm³/mol. The molecular weight excluding hydrogens is 239 g/mol. The van der Waals surface area contributed by atoms with Crippen LogP contribution in [0.1, 0.15) is 30.4 Å². The molecule has 1 saturated carbocycles. The summed E-state index contributed by atoms with van der Waals surface area (Å²) in [5, 5.41) is 8.74. The number of hydrogen-bond acceptors (Lipinski definition) is 2. The summed E-state index contributed by atoms with van der Waals surface area (Å²) >= 11 is 0. The molecule has 2 unspecified atom stereocenters. The Balaban J connectivity index is 1.87. The van der Waals surface area contributed by atoms with E-state index in [9.17, 15) is 4.39 Å². The molecule has 1 heterocycles. The third kappa shape index (κ3) is 1.67. The predicted octanol–water partition coefficient (Wildman–Crippen LogP) is 3.67. The van der Waals surface area contributed by atoms with E-state index in [1.807, 2.05) is 6.07 Å². The van der Waals surface area contributed by atoms with Gasteiger partial charge in [0.25, 0.3) is 0 Å². The van der Waals surface area contributed by atoms with E-state index in [1.54, 1.807) is 6.07 Å². The summed E-state index contributed by atoms with van der Waals surface area (Å²) in [6.07, 6.45) is 3.58. The minimum atomic E-state index is -0.491. The second-order valence-corrected chi connectivity index (χ2v) is 5.22. The first-order chi connectivity index (χ1) is 9.13. The van der Waals surface area contributed by atoms with Gasteiger partial charge in [0.2, 0.25) is 0 Å². The van der Waals surface area contributed by atoms with Crippen LogP contribution in [-0.2, 0) is 0 Å². The summed E-state index contributed by atoms with van der Waals surface area (Å²) in [5.41, 5.74) is 2.68. The van der Waals surface area contributed by atoms with Crippen LogP contribution >= 0.6 is 0 Å². The number of benzene rings is 1. The molecule has 0 aromatic heterocycles. The molecule has 1 aliphatic carbocycles. The maximum absolute atomic E-state index is 13.7. The highest BCUT2D eigenvalue weighted by molar-refractivity contribution is 5.66. The number of nitriles is 1. The Labute approximate surface area is 112 Å². The van der Waals surface area contributed by atoms with Crippen molar-refractivity contribution < 1.29 is 4.39 Å². The lowest BCUT2D eigenvalue weighted by molar-refractivity contribution is 0.182. The lowest BCUT2D eigenvalue weighted by Gasteiger charge is -2.49. The van der Waals surface area contributed by atoms with Crippen molar-refractivity contribution in [1.29, 1.82) is 5.26 Å². The Morgan fingerprint density at radius 1 is 1.42 bits per heavy atom. The van der Waals surface area contributed by atoms with Crippen LogP contribution in [0.25, 0.3) is 5.70 Å². The molecule has 0 radical (unpaired) electrons. The van der Waals surface area contributed by atoms with Gasteiger partial charge in [-0.05, 0) is 25.0 Å². The van der Waals surface area contributed by atoms with Gasteiger partial charge in [-0.2, -0.15) is 5.26 Å². The average Bonchev–Trinajstić information content (AvgIpc) is 2.82. The first kappa shape index (κ1) is 12.0. The Hall–Kier alpha value is -2.08. The maximum atomic E-state index is 13.7. The van der Waals surface area contributed by atoms with Crippen molar-refractivity contribution in [3.8, 4) is 6.07 Å². The smallest absolute Gasteiger partial charge is 0.141 e. The van der Waals surface area contributed by atoms with Crippen molar-refractivity contribution in [2.75, 3.05) is 0 Å². The molecule has 1 aromatic rings. The summed E-state index contributed by atoms with van der Waals surface area (Å²) in [6.45, 7) is 8.18. The van der Waals surface area contributed by atoms with Gasteiger partial charge < -0.3 is 4.90 Å². The van der Waals surface area contributed by atoms with Gasteiger partial charge in [0.15, 0.2) is 0 Å². The standard InChI is InChI=1S/C16H15FN2/c1-10(12-6-7-13(9-18)15(17)8-12)19-11(2)14-4-3-5-16(14)19/h6-8,14,16H,1-5H2. The first-order valence-electron chi connectivity index (χ1n) is 6.50. The van der Waals surface area contributed by atoms with E-state index < -0.39 is 5.82 Å². The van der Waals surface area contributed by atoms with E-state index in [-0.39, 0.29) is 5.56 Å². The second kappa shape index (κ2) is 4.24. The lowest BCUT2D eigenvalue weighted by Crippen LogP contribution is -2.48. The van der Waals surface area contributed by atoms with Crippen LogP contribution in [0.15, 0.2) is 37.1 Å². The van der Waals surface area contributed by atoms with E-state index in [0.29, 0.717) is 12.0 Å².